The lowest BCUT2D eigenvalue weighted by Gasteiger charge is -2.16. The van der Waals surface area contributed by atoms with Crippen LogP contribution in [-0.4, -0.2) is 16.2 Å². The van der Waals surface area contributed by atoms with Gasteiger partial charge in [-0.2, -0.15) is 0 Å². The molecule has 0 aliphatic heterocycles. The first kappa shape index (κ1) is 16.0. The lowest BCUT2D eigenvalue weighted by atomic mass is 10.2. The molecule has 23 heavy (non-hydrogen) atoms. The highest BCUT2D eigenvalue weighted by atomic mass is 79.9. The van der Waals surface area contributed by atoms with E-state index in [0.717, 1.165) is 4.47 Å². The maximum atomic E-state index is 13.0. The molecule has 0 fully saturated rings. The van der Waals surface area contributed by atoms with Crippen LogP contribution in [0.2, 0.25) is 0 Å². The summed E-state index contributed by atoms with van der Waals surface area (Å²) in [6.07, 6.45) is 0. The second kappa shape index (κ2) is 6.72. The number of hydrogen-bond donors (Lipinski definition) is 0. The number of nitrogens with zero attached hydrogens (tertiary/aromatic N) is 2. The van der Waals surface area contributed by atoms with Crippen LogP contribution in [0.4, 0.5) is 0 Å². The van der Waals surface area contributed by atoms with Crippen molar-refractivity contribution in [1.29, 1.82) is 0 Å². The fourth-order valence-corrected chi connectivity index (χ4v) is 2.99. The summed E-state index contributed by atoms with van der Waals surface area (Å²) in [6.45, 7) is 2.40. The van der Waals surface area contributed by atoms with Crippen molar-refractivity contribution in [3.8, 4) is 11.4 Å². The summed E-state index contributed by atoms with van der Waals surface area (Å²) < 4.78 is 8.02. The Balaban J connectivity index is 2.38. The molecule has 0 bridgehead atoms. The van der Waals surface area contributed by atoms with E-state index in [2.05, 4.69) is 20.9 Å². The Labute approximate surface area is 146 Å². The molecule has 0 radical (unpaired) electrons. The zero-order chi connectivity index (χ0) is 16.4. The van der Waals surface area contributed by atoms with Crippen LogP contribution in [0.5, 0.6) is 5.75 Å². The Hall–Kier alpha value is -1.85. The van der Waals surface area contributed by atoms with Gasteiger partial charge in [-0.3, -0.25) is 9.36 Å². The number of rotatable bonds is 4. The van der Waals surface area contributed by atoms with Crippen molar-refractivity contribution in [3.63, 3.8) is 0 Å². The van der Waals surface area contributed by atoms with Crippen LogP contribution in [0.1, 0.15) is 12.7 Å². The molecular formula is C17H14BrClN2O2. The second-order valence-corrected chi connectivity index (χ2v) is 6.05. The van der Waals surface area contributed by atoms with E-state index in [9.17, 15) is 4.79 Å². The van der Waals surface area contributed by atoms with Gasteiger partial charge in [0, 0.05) is 4.47 Å². The minimum absolute atomic E-state index is 0.123. The van der Waals surface area contributed by atoms with E-state index in [1.807, 2.05) is 43.3 Å². The van der Waals surface area contributed by atoms with Crippen LogP contribution in [0.15, 0.2) is 51.7 Å². The molecule has 0 unspecified atom stereocenters. The number of fused-ring (bicyclic) bond motifs is 1. The lowest BCUT2D eigenvalue weighted by molar-refractivity contribution is 0.338. The second-order valence-electron chi connectivity index (χ2n) is 4.86. The number of benzene rings is 2. The Bertz CT molecular complexity index is 924. The highest BCUT2D eigenvalue weighted by Gasteiger charge is 2.16. The summed E-state index contributed by atoms with van der Waals surface area (Å²) in [5.41, 5.74) is 1.10. The monoisotopic (exact) mass is 392 g/mol. The first-order valence-electron chi connectivity index (χ1n) is 7.15. The molecule has 0 aliphatic carbocycles. The minimum Gasteiger partial charge on any atom is -0.492 e. The molecule has 1 heterocycles. The van der Waals surface area contributed by atoms with Crippen LogP contribution in [0.3, 0.4) is 0 Å². The Morgan fingerprint density at radius 3 is 2.78 bits per heavy atom. The van der Waals surface area contributed by atoms with Crippen LogP contribution in [0, 0.1) is 0 Å². The number of halogens is 2. The van der Waals surface area contributed by atoms with Crippen molar-refractivity contribution in [2.45, 2.75) is 12.8 Å². The van der Waals surface area contributed by atoms with E-state index in [4.69, 9.17) is 16.3 Å². The third kappa shape index (κ3) is 2.99. The van der Waals surface area contributed by atoms with Crippen LogP contribution in [0.25, 0.3) is 16.6 Å². The first-order chi connectivity index (χ1) is 11.2. The molecule has 0 saturated heterocycles. The average Bonchev–Trinajstić information content (AvgIpc) is 2.57. The van der Waals surface area contributed by atoms with Gasteiger partial charge in [-0.25, -0.2) is 4.98 Å². The van der Waals surface area contributed by atoms with Crippen molar-refractivity contribution in [2.24, 2.45) is 0 Å². The van der Waals surface area contributed by atoms with Crippen LogP contribution >= 0.6 is 27.5 Å². The summed E-state index contributed by atoms with van der Waals surface area (Å²) in [4.78, 5) is 17.5. The fourth-order valence-electron chi connectivity index (χ4n) is 2.46. The van der Waals surface area contributed by atoms with E-state index in [-0.39, 0.29) is 11.4 Å². The molecule has 118 valence electrons. The summed E-state index contributed by atoms with van der Waals surface area (Å²) >= 11 is 9.49. The van der Waals surface area contributed by atoms with E-state index < -0.39 is 0 Å². The first-order valence-corrected chi connectivity index (χ1v) is 8.47. The van der Waals surface area contributed by atoms with Gasteiger partial charge in [0.15, 0.2) is 0 Å². The smallest absolute Gasteiger partial charge is 0.266 e. The predicted molar refractivity (Wildman–Crippen MR) is 95.8 cm³/mol. The molecule has 0 spiro atoms. The van der Waals surface area contributed by atoms with Crippen molar-refractivity contribution < 1.29 is 4.74 Å². The molecule has 4 nitrogen and oxygen atoms in total. The molecule has 0 atom stereocenters. The van der Waals surface area contributed by atoms with E-state index in [0.29, 0.717) is 34.8 Å². The SMILES string of the molecule is CCOc1ccc(Br)cc1-n1c(CCl)nc2ccccc2c1=O. The zero-order valence-corrected chi connectivity index (χ0v) is 14.8. The summed E-state index contributed by atoms with van der Waals surface area (Å²) in [6, 6.07) is 12.8. The number of para-hydroxylation sites is 1. The zero-order valence-electron chi connectivity index (χ0n) is 12.4. The van der Waals surface area contributed by atoms with Gasteiger partial charge in [0.05, 0.1) is 29.1 Å². The molecule has 0 N–H and O–H groups in total. The van der Waals surface area contributed by atoms with Crippen LogP contribution in [-0.2, 0) is 5.88 Å². The molecule has 0 amide bonds. The summed E-state index contributed by atoms with van der Waals surface area (Å²) in [5.74, 6) is 1.22. The predicted octanol–water partition coefficient (Wildman–Crippen LogP) is 4.29. The quantitative estimate of drug-likeness (QED) is 0.621. The van der Waals surface area contributed by atoms with E-state index in [1.54, 1.807) is 6.07 Å². The molecule has 1 aromatic heterocycles. The fraction of sp³-hybridized carbons (Fsp3) is 0.176. The molecule has 6 heteroatoms. The maximum Gasteiger partial charge on any atom is 0.266 e. The Morgan fingerprint density at radius 2 is 2.04 bits per heavy atom. The Kier molecular flexibility index (Phi) is 4.68. The van der Waals surface area contributed by atoms with Crippen LogP contribution < -0.4 is 10.3 Å². The minimum atomic E-state index is -0.162. The van der Waals surface area contributed by atoms with Gasteiger partial charge in [-0.05, 0) is 37.3 Å². The maximum absolute atomic E-state index is 13.0. The van der Waals surface area contributed by atoms with Gasteiger partial charge < -0.3 is 4.74 Å². The third-order valence-corrected chi connectivity index (χ3v) is 4.16. The van der Waals surface area contributed by atoms with E-state index in [1.165, 1.54) is 4.57 Å². The van der Waals surface area contributed by atoms with Crippen molar-refractivity contribution in [1.82, 2.24) is 9.55 Å². The molecule has 0 aliphatic rings. The molecule has 2 aromatic carbocycles. The normalized spacial score (nSPS) is 10.9. The van der Waals surface area contributed by atoms with Crippen molar-refractivity contribution >= 4 is 38.4 Å². The molecule has 3 rings (SSSR count). The van der Waals surface area contributed by atoms with Gasteiger partial charge in [0.2, 0.25) is 0 Å². The van der Waals surface area contributed by atoms with Gasteiger partial charge in [-0.1, -0.05) is 28.1 Å². The van der Waals surface area contributed by atoms with E-state index >= 15 is 0 Å². The summed E-state index contributed by atoms with van der Waals surface area (Å²) in [5, 5.41) is 0.545. The average molecular weight is 394 g/mol. The highest BCUT2D eigenvalue weighted by molar-refractivity contribution is 9.10. The molecule has 0 saturated carbocycles. The highest BCUT2D eigenvalue weighted by Crippen LogP contribution is 2.27. The number of aromatic nitrogens is 2. The van der Waals surface area contributed by atoms with Crippen molar-refractivity contribution in [3.05, 3.63) is 63.1 Å². The van der Waals surface area contributed by atoms with Gasteiger partial charge in [0.25, 0.3) is 5.56 Å². The largest absolute Gasteiger partial charge is 0.492 e. The number of hydrogen-bond acceptors (Lipinski definition) is 3. The lowest BCUT2D eigenvalue weighted by Crippen LogP contribution is -2.24. The number of alkyl halides is 1. The topological polar surface area (TPSA) is 44.1 Å². The Morgan fingerprint density at radius 1 is 1.26 bits per heavy atom. The van der Waals surface area contributed by atoms with Gasteiger partial charge in [-0.15, -0.1) is 11.6 Å². The standard InChI is InChI=1S/C17H14BrClN2O2/c1-2-23-15-8-7-11(18)9-14(15)21-16(10-19)20-13-6-4-3-5-12(13)17(21)22/h3-9H,2,10H2,1H3. The molecular weight excluding hydrogens is 380 g/mol. The number of ether oxygens (including phenoxy) is 1. The summed E-state index contributed by atoms with van der Waals surface area (Å²) in [7, 11) is 0. The van der Waals surface area contributed by atoms with Gasteiger partial charge >= 0.3 is 0 Å². The van der Waals surface area contributed by atoms with Crippen molar-refractivity contribution in [2.75, 3.05) is 6.61 Å². The van der Waals surface area contributed by atoms with Gasteiger partial charge in [0.1, 0.15) is 11.6 Å². The molecule has 3 aromatic rings. The third-order valence-electron chi connectivity index (χ3n) is 3.43.